The van der Waals surface area contributed by atoms with Crippen LogP contribution in [0.15, 0.2) is 56.4 Å². The van der Waals surface area contributed by atoms with Gasteiger partial charge in [0.05, 0.1) is 5.54 Å². The van der Waals surface area contributed by atoms with Crippen molar-refractivity contribution >= 4 is 60.7 Å². The average Bonchev–Trinajstić information content (AvgIpc) is 2.66. The molecule has 0 saturated heterocycles. The second kappa shape index (κ2) is 10.1. The second-order valence-corrected chi connectivity index (χ2v) is 11.8. The zero-order valence-electron chi connectivity index (χ0n) is 18.5. The fourth-order valence-electron chi connectivity index (χ4n) is 3.31. The number of benzene rings is 2. The topological polar surface area (TPSA) is 67.8 Å². The van der Waals surface area contributed by atoms with Crippen LogP contribution in [0, 0.1) is 0 Å². The number of halogens is 2. The summed E-state index contributed by atoms with van der Waals surface area (Å²) in [5, 5.41) is 3.31. The van der Waals surface area contributed by atoms with Gasteiger partial charge in [-0.15, -0.1) is 0 Å². The lowest BCUT2D eigenvalue weighted by atomic mass is 9.88. The number of aliphatic imine (C=N–C) groups is 1. The molecule has 1 amide bonds. The summed E-state index contributed by atoms with van der Waals surface area (Å²) in [7, 11) is 0. The standard InChI is InChI=1S/C24H26Br2N2O3S/c1-23(2,3)31-22(30)27-21-28-24(4,9-10-32-21)17-11-15(12-19(26)14-17)13-20(29)16-5-7-18(25)8-6-16/h5-8,11-12,14H,9-10,13H2,1-4H3,(H,27,28,30). The Bertz CT molecular complexity index is 1050. The fraction of sp³-hybridized carbons (Fsp3) is 0.375. The summed E-state index contributed by atoms with van der Waals surface area (Å²) in [5.41, 5.74) is 1.49. The lowest BCUT2D eigenvalue weighted by molar-refractivity contribution is 0.0564. The van der Waals surface area contributed by atoms with E-state index in [-0.39, 0.29) is 5.78 Å². The van der Waals surface area contributed by atoms with Crippen molar-refractivity contribution in [2.75, 3.05) is 5.75 Å². The van der Waals surface area contributed by atoms with Gasteiger partial charge >= 0.3 is 6.09 Å². The minimum atomic E-state index is -0.576. The minimum absolute atomic E-state index is 0.0571. The molecule has 1 aliphatic heterocycles. The molecule has 170 valence electrons. The van der Waals surface area contributed by atoms with Gasteiger partial charge in [0.2, 0.25) is 0 Å². The summed E-state index contributed by atoms with van der Waals surface area (Å²) in [6, 6.07) is 13.4. The Balaban J connectivity index is 1.81. The Labute approximate surface area is 210 Å². The van der Waals surface area contributed by atoms with Crippen molar-refractivity contribution in [1.82, 2.24) is 5.32 Å². The van der Waals surface area contributed by atoms with Crippen LogP contribution in [0.1, 0.15) is 55.6 Å². The molecular formula is C24H26Br2N2O3S. The average molecular weight is 582 g/mol. The van der Waals surface area contributed by atoms with Gasteiger partial charge in [0.25, 0.3) is 0 Å². The Morgan fingerprint density at radius 2 is 1.81 bits per heavy atom. The molecule has 2 aromatic rings. The summed E-state index contributed by atoms with van der Waals surface area (Å²) in [5.74, 6) is 0.867. The van der Waals surface area contributed by atoms with Crippen LogP contribution >= 0.6 is 43.6 Å². The number of hydrogen-bond acceptors (Lipinski definition) is 5. The van der Waals surface area contributed by atoms with Crippen molar-refractivity contribution in [3.8, 4) is 0 Å². The second-order valence-electron chi connectivity index (χ2n) is 8.87. The molecule has 0 aliphatic carbocycles. The van der Waals surface area contributed by atoms with E-state index in [4.69, 9.17) is 9.73 Å². The number of amides is 1. The van der Waals surface area contributed by atoms with Crippen LogP contribution in [0.3, 0.4) is 0 Å². The van der Waals surface area contributed by atoms with Gasteiger partial charge in [-0.25, -0.2) is 4.79 Å². The Morgan fingerprint density at radius 1 is 1.12 bits per heavy atom. The first kappa shape index (κ1) is 25.0. The molecule has 2 aromatic carbocycles. The highest BCUT2D eigenvalue weighted by Gasteiger charge is 2.32. The maximum Gasteiger partial charge on any atom is 0.413 e. The normalized spacial score (nSPS) is 18.6. The number of alkyl carbamates (subject to hydrolysis) is 1. The molecule has 32 heavy (non-hydrogen) atoms. The van der Waals surface area contributed by atoms with Crippen molar-refractivity contribution < 1.29 is 14.3 Å². The largest absolute Gasteiger partial charge is 0.444 e. The molecule has 0 bridgehead atoms. The Kier molecular flexibility index (Phi) is 7.89. The van der Waals surface area contributed by atoms with Gasteiger partial charge in [-0.2, -0.15) is 0 Å². The van der Waals surface area contributed by atoms with E-state index in [1.165, 1.54) is 11.8 Å². The van der Waals surface area contributed by atoms with Crippen molar-refractivity contribution in [3.05, 3.63) is 68.1 Å². The fourth-order valence-corrected chi connectivity index (χ4v) is 5.23. The first-order valence-corrected chi connectivity index (χ1v) is 12.8. The maximum absolute atomic E-state index is 12.8. The lowest BCUT2D eigenvalue weighted by Gasteiger charge is -2.31. The van der Waals surface area contributed by atoms with Crippen molar-refractivity contribution in [2.24, 2.45) is 4.99 Å². The predicted molar refractivity (Wildman–Crippen MR) is 138 cm³/mol. The third kappa shape index (κ3) is 6.93. The van der Waals surface area contributed by atoms with Gasteiger partial charge in [0.15, 0.2) is 11.0 Å². The molecule has 0 saturated carbocycles. The van der Waals surface area contributed by atoms with Crippen LogP contribution < -0.4 is 5.32 Å². The number of hydrogen-bond donors (Lipinski definition) is 1. The summed E-state index contributed by atoms with van der Waals surface area (Å²) < 4.78 is 7.19. The molecular weight excluding hydrogens is 556 g/mol. The van der Waals surface area contributed by atoms with E-state index >= 15 is 0 Å². The number of ketones is 1. The van der Waals surface area contributed by atoms with Gasteiger partial charge < -0.3 is 4.74 Å². The molecule has 1 unspecified atom stereocenters. The quantitative estimate of drug-likeness (QED) is 0.400. The number of rotatable bonds is 4. The van der Waals surface area contributed by atoms with E-state index in [1.807, 2.05) is 70.2 Å². The van der Waals surface area contributed by atoms with Gasteiger partial charge in [-0.3, -0.25) is 15.1 Å². The lowest BCUT2D eigenvalue weighted by Crippen LogP contribution is -2.38. The number of nitrogens with zero attached hydrogens (tertiary/aromatic N) is 1. The van der Waals surface area contributed by atoms with E-state index in [0.29, 0.717) is 17.2 Å². The van der Waals surface area contributed by atoms with Crippen molar-refractivity contribution in [2.45, 2.75) is 51.7 Å². The number of Topliss-reactive ketones (excluding diaryl/α,β-unsaturated/α-hetero) is 1. The van der Waals surface area contributed by atoms with Crippen LogP contribution in [-0.4, -0.2) is 28.4 Å². The Morgan fingerprint density at radius 3 is 2.47 bits per heavy atom. The highest BCUT2D eigenvalue weighted by atomic mass is 79.9. The molecule has 1 N–H and O–H groups in total. The smallest absolute Gasteiger partial charge is 0.413 e. The highest BCUT2D eigenvalue weighted by molar-refractivity contribution is 9.10. The third-order valence-corrected chi connectivity index (χ3v) is 6.76. The molecule has 0 aromatic heterocycles. The summed E-state index contributed by atoms with van der Waals surface area (Å²) >= 11 is 8.49. The number of ether oxygens (including phenoxy) is 1. The number of nitrogens with one attached hydrogen (secondary N) is 1. The Hall–Kier alpha value is -1.64. The van der Waals surface area contributed by atoms with E-state index in [0.717, 1.165) is 32.2 Å². The number of carbonyl (C=O) groups excluding carboxylic acids is 2. The van der Waals surface area contributed by atoms with Crippen LogP contribution in [0.25, 0.3) is 0 Å². The van der Waals surface area contributed by atoms with Gasteiger partial charge in [0, 0.05) is 26.7 Å². The first-order chi connectivity index (χ1) is 14.9. The van der Waals surface area contributed by atoms with Gasteiger partial charge in [-0.1, -0.05) is 61.8 Å². The molecule has 5 nitrogen and oxygen atoms in total. The van der Waals surface area contributed by atoms with Gasteiger partial charge in [-0.05, 0) is 69.5 Å². The monoisotopic (exact) mass is 580 g/mol. The molecule has 1 atom stereocenters. The molecule has 0 radical (unpaired) electrons. The first-order valence-electron chi connectivity index (χ1n) is 10.2. The highest BCUT2D eigenvalue weighted by Crippen LogP contribution is 2.37. The van der Waals surface area contributed by atoms with Crippen LogP contribution in [0.5, 0.6) is 0 Å². The summed E-state index contributed by atoms with van der Waals surface area (Å²) in [6.07, 6.45) is 0.599. The predicted octanol–water partition coefficient (Wildman–Crippen LogP) is 6.87. The van der Waals surface area contributed by atoms with Crippen molar-refractivity contribution in [1.29, 1.82) is 0 Å². The minimum Gasteiger partial charge on any atom is -0.444 e. The van der Waals surface area contributed by atoms with E-state index in [1.54, 1.807) is 0 Å². The summed E-state index contributed by atoms with van der Waals surface area (Å²) in [4.78, 5) is 29.8. The molecule has 0 spiro atoms. The molecule has 1 aliphatic rings. The van der Waals surface area contributed by atoms with Crippen LogP contribution in [0.2, 0.25) is 0 Å². The van der Waals surface area contributed by atoms with E-state index in [2.05, 4.69) is 37.2 Å². The zero-order chi connectivity index (χ0) is 23.5. The molecule has 3 rings (SSSR count). The number of amidine groups is 1. The third-order valence-electron chi connectivity index (χ3n) is 4.89. The maximum atomic E-state index is 12.8. The number of carbonyl (C=O) groups is 2. The van der Waals surface area contributed by atoms with Crippen LogP contribution in [0.4, 0.5) is 4.79 Å². The molecule has 0 fully saturated rings. The SMILES string of the molecule is CC(C)(C)OC(=O)NC1=NC(C)(c2cc(Br)cc(CC(=O)c3ccc(Br)cc3)c2)CCS1. The van der Waals surface area contributed by atoms with E-state index in [9.17, 15) is 9.59 Å². The molecule has 1 heterocycles. The van der Waals surface area contributed by atoms with Crippen molar-refractivity contribution in [3.63, 3.8) is 0 Å². The number of thioether (sulfide) groups is 1. The van der Waals surface area contributed by atoms with E-state index < -0.39 is 17.2 Å². The molecule has 8 heteroatoms. The summed E-state index contributed by atoms with van der Waals surface area (Å²) in [6.45, 7) is 7.52. The van der Waals surface area contributed by atoms with Crippen LogP contribution in [-0.2, 0) is 16.7 Å². The zero-order valence-corrected chi connectivity index (χ0v) is 22.5. The van der Waals surface area contributed by atoms with Gasteiger partial charge in [0.1, 0.15) is 5.60 Å².